The van der Waals surface area contributed by atoms with E-state index in [0.29, 0.717) is 45.4 Å². The number of nitrogens with two attached hydrogens (primary N) is 1. The minimum atomic E-state index is -0.723. The molecule has 1 aromatic rings. The van der Waals surface area contributed by atoms with Crippen LogP contribution in [-0.4, -0.2) is 72.2 Å². The highest BCUT2D eigenvalue weighted by Gasteiger charge is 2.64. The number of carbonyl (C=O) groups excluding carboxylic acids is 1. The predicted octanol–water partition coefficient (Wildman–Crippen LogP) is 3.62. The normalized spacial score (nSPS) is 28.9. The fourth-order valence-corrected chi connectivity index (χ4v) is 6.13. The van der Waals surface area contributed by atoms with Crippen molar-refractivity contribution in [3.05, 3.63) is 29.3 Å². The van der Waals surface area contributed by atoms with Crippen LogP contribution in [0.15, 0.2) is 18.2 Å². The van der Waals surface area contributed by atoms with Crippen LogP contribution in [0.25, 0.3) is 0 Å². The second-order valence-corrected chi connectivity index (χ2v) is 10.3. The molecular formula is C27H41NO7. The van der Waals surface area contributed by atoms with Gasteiger partial charge in [-0.1, -0.05) is 25.8 Å². The van der Waals surface area contributed by atoms with Gasteiger partial charge in [0, 0.05) is 18.6 Å². The Labute approximate surface area is 208 Å². The molecule has 1 aromatic carbocycles. The van der Waals surface area contributed by atoms with Gasteiger partial charge in [-0.15, -0.1) is 0 Å². The Morgan fingerprint density at radius 1 is 1.00 bits per heavy atom. The van der Waals surface area contributed by atoms with Crippen molar-refractivity contribution in [3.63, 3.8) is 0 Å². The summed E-state index contributed by atoms with van der Waals surface area (Å²) in [5.74, 6) is 1.28. The lowest BCUT2D eigenvalue weighted by Crippen LogP contribution is -2.54. The highest BCUT2D eigenvalue weighted by Crippen LogP contribution is 2.66. The second-order valence-electron chi connectivity index (χ2n) is 10.3. The number of carbonyl (C=O) groups is 1. The van der Waals surface area contributed by atoms with Crippen LogP contribution >= 0.6 is 0 Å². The summed E-state index contributed by atoms with van der Waals surface area (Å²) in [7, 11) is 1.64. The molecular weight excluding hydrogens is 450 g/mol. The van der Waals surface area contributed by atoms with Crippen LogP contribution in [0.5, 0.6) is 5.75 Å². The summed E-state index contributed by atoms with van der Waals surface area (Å²) >= 11 is 0. The molecule has 3 aliphatic carbocycles. The van der Waals surface area contributed by atoms with Crippen molar-refractivity contribution in [2.75, 3.05) is 60.0 Å². The molecule has 0 radical (unpaired) electrons. The predicted molar refractivity (Wildman–Crippen MR) is 131 cm³/mol. The van der Waals surface area contributed by atoms with Crippen LogP contribution in [0, 0.1) is 11.3 Å². The fourth-order valence-electron chi connectivity index (χ4n) is 6.13. The lowest BCUT2D eigenvalue weighted by molar-refractivity contribution is -0.00451. The third-order valence-corrected chi connectivity index (χ3v) is 8.12. The largest absolute Gasteiger partial charge is 0.513 e. The van der Waals surface area contributed by atoms with Gasteiger partial charge < -0.3 is 34.2 Å². The van der Waals surface area contributed by atoms with Gasteiger partial charge in [-0.3, -0.25) is 0 Å². The van der Waals surface area contributed by atoms with E-state index in [2.05, 4.69) is 13.0 Å². The van der Waals surface area contributed by atoms with Crippen molar-refractivity contribution in [1.29, 1.82) is 0 Å². The highest BCUT2D eigenvalue weighted by molar-refractivity contribution is 5.64. The molecule has 0 heterocycles. The molecule has 1 unspecified atom stereocenters. The van der Waals surface area contributed by atoms with E-state index in [9.17, 15) is 4.79 Å². The number of hydrogen-bond acceptors (Lipinski definition) is 8. The Hall–Kier alpha value is -1.71. The Morgan fingerprint density at radius 2 is 1.69 bits per heavy atom. The smallest absolute Gasteiger partial charge is 0.432 e. The summed E-state index contributed by atoms with van der Waals surface area (Å²) in [6.45, 7) is 5.74. The first kappa shape index (κ1) is 26.4. The summed E-state index contributed by atoms with van der Waals surface area (Å²) in [5.41, 5.74) is 9.70. The topological polar surface area (TPSA) is 98.5 Å². The van der Waals surface area contributed by atoms with Crippen molar-refractivity contribution in [1.82, 2.24) is 0 Å². The number of ether oxygens (including phenoxy) is 6. The SMILES string of the molecule is COCCOCCOCCOCCOC(=O)Oc1ccc2c(c1)[C@@]1(C)CCCC[C@H]3CC3(C2)[C@@H]1N. The summed E-state index contributed by atoms with van der Waals surface area (Å²) in [4.78, 5) is 12.2. The van der Waals surface area contributed by atoms with Gasteiger partial charge >= 0.3 is 6.16 Å². The molecule has 2 saturated carbocycles. The van der Waals surface area contributed by atoms with Gasteiger partial charge in [0.05, 0.1) is 46.2 Å². The Kier molecular flexibility index (Phi) is 9.05. The monoisotopic (exact) mass is 491 g/mol. The molecule has 0 amide bonds. The molecule has 4 rings (SSSR count). The van der Waals surface area contributed by atoms with E-state index in [-0.39, 0.29) is 30.1 Å². The van der Waals surface area contributed by atoms with Crippen LogP contribution in [0.2, 0.25) is 0 Å². The van der Waals surface area contributed by atoms with Crippen LogP contribution in [0.1, 0.15) is 50.2 Å². The van der Waals surface area contributed by atoms with Crippen LogP contribution in [0.4, 0.5) is 4.79 Å². The number of hydrogen-bond donors (Lipinski definition) is 1. The maximum Gasteiger partial charge on any atom is 0.513 e. The first-order valence-electron chi connectivity index (χ1n) is 13.0. The van der Waals surface area contributed by atoms with Crippen molar-refractivity contribution in [2.45, 2.75) is 56.9 Å². The van der Waals surface area contributed by atoms with Gasteiger partial charge in [0.1, 0.15) is 12.4 Å². The van der Waals surface area contributed by atoms with Crippen molar-refractivity contribution < 1.29 is 33.2 Å². The standard InChI is InChI=1S/C27H41NO7/c1-26-8-4-3-5-21-19-27(21,24(26)28)18-20-6-7-22(17-23(20)26)35-25(29)34-16-15-33-14-13-32-12-11-31-10-9-30-2/h6-7,17,21,24H,3-5,8-16,18-19,28H2,1-2H3/t21-,24+,26+,27?/m0/s1. The zero-order chi connectivity index (χ0) is 24.7. The van der Waals surface area contributed by atoms with Gasteiger partial charge in [-0.25, -0.2) is 4.79 Å². The number of fused-ring (bicyclic) bond motifs is 3. The summed E-state index contributed by atoms with van der Waals surface area (Å²) in [6.07, 6.45) is 6.43. The summed E-state index contributed by atoms with van der Waals surface area (Å²) in [6, 6.07) is 6.15. The number of benzene rings is 1. The molecule has 0 aromatic heterocycles. The van der Waals surface area contributed by atoms with Gasteiger partial charge in [-0.05, 0) is 60.3 Å². The molecule has 8 heteroatoms. The average molecular weight is 492 g/mol. The Balaban J connectivity index is 1.17. The molecule has 1 spiro atoms. The summed E-state index contributed by atoms with van der Waals surface area (Å²) < 4.78 is 31.7. The van der Waals surface area contributed by atoms with Crippen molar-refractivity contribution in [3.8, 4) is 5.75 Å². The van der Waals surface area contributed by atoms with E-state index < -0.39 is 6.16 Å². The molecule has 2 N–H and O–H groups in total. The fraction of sp³-hybridized carbons (Fsp3) is 0.741. The molecule has 35 heavy (non-hydrogen) atoms. The van der Waals surface area contributed by atoms with E-state index in [1.54, 1.807) is 7.11 Å². The zero-order valence-corrected chi connectivity index (χ0v) is 21.2. The maximum atomic E-state index is 12.2. The van der Waals surface area contributed by atoms with E-state index in [4.69, 9.17) is 34.2 Å². The molecule has 8 nitrogen and oxygen atoms in total. The molecule has 2 fully saturated rings. The lowest BCUT2D eigenvalue weighted by atomic mass is 9.59. The van der Waals surface area contributed by atoms with E-state index in [1.807, 2.05) is 12.1 Å². The lowest BCUT2D eigenvalue weighted by Gasteiger charge is -2.48. The molecule has 0 aliphatic heterocycles. The van der Waals surface area contributed by atoms with Gasteiger partial charge in [0.2, 0.25) is 0 Å². The Bertz CT molecular complexity index is 849. The van der Waals surface area contributed by atoms with E-state index in [0.717, 1.165) is 18.8 Å². The number of rotatable bonds is 13. The van der Waals surface area contributed by atoms with Crippen molar-refractivity contribution >= 4 is 6.16 Å². The minimum Gasteiger partial charge on any atom is -0.432 e. The molecule has 0 saturated heterocycles. The molecule has 3 aliphatic rings. The third-order valence-electron chi connectivity index (χ3n) is 8.12. The van der Waals surface area contributed by atoms with Gasteiger partial charge in [0.25, 0.3) is 0 Å². The van der Waals surface area contributed by atoms with E-state index in [1.165, 1.54) is 36.8 Å². The van der Waals surface area contributed by atoms with Gasteiger partial charge in [0.15, 0.2) is 0 Å². The first-order valence-corrected chi connectivity index (χ1v) is 13.0. The Morgan fingerprint density at radius 3 is 2.40 bits per heavy atom. The van der Waals surface area contributed by atoms with Crippen LogP contribution in [-0.2, 0) is 35.5 Å². The summed E-state index contributed by atoms with van der Waals surface area (Å²) in [5, 5.41) is 0. The third kappa shape index (κ3) is 6.17. The minimum absolute atomic E-state index is 0.0853. The second kappa shape index (κ2) is 12.0. The first-order chi connectivity index (χ1) is 17.0. The van der Waals surface area contributed by atoms with Crippen LogP contribution in [0.3, 0.4) is 0 Å². The van der Waals surface area contributed by atoms with Crippen molar-refractivity contribution in [2.24, 2.45) is 17.1 Å². The molecule has 4 atom stereocenters. The molecule has 2 bridgehead atoms. The molecule has 196 valence electrons. The highest BCUT2D eigenvalue weighted by atomic mass is 16.7. The quantitative estimate of drug-likeness (QED) is 0.254. The van der Waals surface area contributed by atoms with Crippen LogP contribution < -0.4 is 10.5 Å². The number of methoxy groups -OCH3 is 1. The zero-order valence-electron chi connectivity index (χ0n) is 21.2. The van der Waals surface area contributed by atoms with E-state index >= 15 is 0 Å². The van der Waals surface area contributed by atoms with Gasteiger partial charge in [-0.2, -0.15) is 0 Å². The average Bonchev–Trinajstić information content (AvgIpc) is 3.54. The maximum absolute atomic E-state index is 12.2.